The molecule has 3 atom stereocenters. The first-order valence-electron chi connectivity index (χ1n) is 8.61. The van der Waals surface area contributed by atoms with Crippen molar-refractivity contribution in [3.8, 4) is 0 Å². The van der Waals surface area contributed by atoms with Gasteiger partial charge in [0.25, 0.3) is 0 Å². The van der Waals surface area contributed by atoms with E-state index in [9.17, 15) is 4.79 Å². The van der Waals surface area contributed by atoms with Crippen LogP contribution < -0.4 is 4.90 Å². The minimum Gasteiger partial charge on any atom is -0.354 e. The first kappa shape index (κ1) is 16.6. The Kier molecular flexibility index (Phi) is 4.33. The number of tetrazole rings is 1. The highest BCUT2D eigenvalue weighted by molar-refractivity contribution is 5.87. The Labute approximate surface area is 150 Å². The van der Waals surface area contributed by atoms with Gasteiger partial charge >= 0.3 is 0 Å². The molecule has 0 saturated carbocycles. The van der Waals surface area contributed by atoms with Crippen molar-refractivity contribution in [1.82, 2.24) is 40.1 Å². The van der Waals surface area contributed by atoms with Crippen LogP contribution in [0.5, 0.6) is 0 Å². The van der Waals surface area contributed by atoms with Crippen LogP contribution in [0.3, 0.4) is 0 Å². The molecular formula is C16H21N9O. The molecule has 3 aromatic heterocycles. The summed E-state index contributed by atoms with van der Waals surface area (Å²) in [6.07, 6.45) is 6.29. The van der Waals surface area contributed by atoms with E-state index in [1.807, 2.05) is 19.3 Å². The molecule has 3 unspecified atom stereocenters. The Morgan fingerprint density at radius 3 is 3.08 bits per heavy atom. The molecule has 1 fully saturated rings. The zero-order valence-corrected chi connectivity index (χ0v) is 14.7. The van der Waals surface area contributed by atoms with E-state index in [2.05, 4.69) is 47.2 Å². The van der Waals surface area contributed by atoms with Gasteiger partial charge in [0.05, 0.1) is 5.39 Å². The number of rotatable bonds is 5. The number of nitrogens with zero attached hydrogens (tertiary/aromatic N) is 8. The topological polar surface area (TPSA) is 109 Å². The third-order valence-corrected chi connectivity index (χ3v) is 5.25. The van der Waals surface area contributed by atoms with Crippen molar-refractivity contribution < 1.29 is 4.79 Å². The number of carbonyl (C=O) groups excluding carboxylic acids is 1. The maximum Gasteiger partial charge on any atom is 0.163 e. The third-order valence-electron chi connectivity index (χ3n) is 5.25. The zero-order chi connectivity index (χ0) is 18.1. The van der Waals surface area contributed by atoms with Crippen LogP contribution in [-0.2, 0) is 4.79 Å². The number of hydrogen-bond acceptors (Lipinski definition) is 8. The standard InChI is InChI=1S/C16H21N9O/c1-11-4-6-24(14(8-26)25-10-20-21-22-25)7-13(11)23(2)16-12-3-5-17-15(12)18-9-19-16/h3,5,8-11,13-14H,4,6-7H2,1-2H3,(H,17,18,19). The van der Waals surface area contributed by atoms with E-state index in [1.54, 1.807) is 6.33 Å². The molecule has 0 aliphatic carbocycles. The van der Waals surface area contributed by atoms with Crippen LogP contribution in [0.4, 0.5) is 5.82 Å². The van der Waals surface area contributed by atoms with E-state index in [0.29, 0.717) is 5.92 Å². The Hall–Kier alpha value is -2.88. The number of aldehydes is 1. The van der Waals surface area contributed by atoms with Gasteiger partial charge in [0.2, 0.25) is 0 Å². The largest absolute Gasteiger partial charge is 0.354 e. The number of H-pyrrole nitrogens is 1. The van der Waals surface area contributed by atoms with Crippen LogP contribution >= 0.6 is 0 Å². The van der Waals surface area contributed by atoms with Crippen molar-refractivity contribution in [3.05, 3.63) is 24.9 Å². The molecule has 4 rings (SSSR count). The lowest BCUT2D eigenvalue weighted by Gasteiger charge is -2.43. The fourth-order valence-electron chi connectivity index (χ4n) is 3.72. The number of carbonyl (C=O) groups is 1. The van der Waals surface area contributed by atoms with Crippen molar-refractivity contribution in [2.75, 3.05) is 25.0 Å². The summed E-state index contributed by atoms with van der Waals surface area (Å²) in [5, 5.41) is 12.2. The van der Waals surface area contributed by atoms with Crippen molar-refractivity contribution >= 4 is 23.1 Å². The fourth-order valence-corrected chi connectivity index (χ4v) is 3.72. The molecule has 0 spiro atoms. The van der Waals surface area contributed by atoms with E-state index in [1.165, 1.54) is 11.0 Å². The molecule has 1 N–H and O–H groups in total. The lowest BCUT2D eigenvalue weighted by atomic mass is 9.92. The highest BCUT2D eigenvalue weighted by atomic mass is 16.1. The average Bonchev–Trinajstić information content (AvgIpc) is 3.34. The van der Waals surface area contributed by atoms with Gasteiger partial charge in [-0.15, -0.1) is 5.10 Å². The summed E-state index contributed by atoms with van der Waals surface area (Å²) in [4.78, 5) is 27.9. The molecule has 0 radical (unpaired) electrons. The number of likely N-dealkylation sites (tertiary alicyclic amines) is 1. The highest BCUT2D eigenvalue weighted by Gasteiger charge is 2.34. The number of likely N-dealkylation sites (N-methyl/N-ethyl adjacent to an activating group) is 1. The van der Waals surface area contributed by atoms with Crippen molar-refractivity contribution in [1.29, 1.82) is 0 Å². The minimum absolute atomic E-state index is 0.204. The lowest BCUT2D eigenvalue weighted by Crippen LogP contribution is -2.53. The van der Waals surface area contributed by atoms with Gasteiger partial charge in [0.15, 0.2) is 12.5 Å². The second-order valence-electron chi connectivity index (χ2n) is 6.72. The summed E-state index contributed by atoms with van der Waals surface area (Å²) >= 11 is 0. The number of hydrogen-bond donors (Lipinski definition) is 1. The van der Waals surface area contributed by atoms with E-state index >= 15 is 0 Å². The predicted octanol–water partition coefficient (Wildman–Crippen LogP) is 0.489. The summed E-state index contributed by atoms with van der Waals surface area (Å²) in [6.45, 7) is 3.77. The molecule has 1 saturated heterocycles. The number of aromatic nitrogens is 7. The van der Waals surface area contributed by atoms with Gasteiger partial charge in [-0.3, -0.25) is 9.69 Å². The van der Waals surface area contributed by atoms with Gasteiger partial charge in [-0.1, -0.05) is 6.92 Å². The van der Waals surface area contributed by atoms with Crippen molar-refractivity contribution in [3.63, 3.8) is 0 Å². The van der Waals surface area contributed by atoms with Crippen LogP contribution in [0.15, 0.2) is 24.9 Å². The summed E-state index contributed by atoms with van der Waals surface area (Å²) in [5.74, 6) is 1.35. The maximum absolute atomic E-state index is 11.7. The second-order valence-corrected chi connectivity index (χ2v) is 6.72. The summed E-state index contributed by atoms with van der Waals surface area (Å²) in [6, 6.07) is 2.19. The van der Waals surface area contributed by atoms with Gasteiger partial charge < -0.3 is 9.88 Å². The normalized spacial score (nSPS) is 22.4. The summed E-state index contributed by atoms with van der Waals surface area (Å²) < 4.78 is 1.50. The Bertz CT molecular complexity index is 877. The van der Waals surface area contributed by atoms with Crippen molar-refractivity contribution in [2.45, 2.75) is 25.6 Å². The fraction of sp³-hybridized carbons (Fsp3) is 0.500. The molecule has 26 heavy (non-hydrogen) atoms. The van der Waals surface area contributed by atoms with Crippen LogP contribution in [-0.4, -0.2) is 72.5 Å². The third kappa shape index (κ3) is 2.81. The van der Waals surface area contributed by atoms with Gasteiger partial charge in [-0.2, -0.15) is 0 Å². The van der Waals surface area contributed by atoms with Gasteiger partial charge in [0.1, 0.15) is 24.1 Å². The Morgan fingerprint density at radius 2 is 2.31 bits per heavy atom. The van der Waals surface area contributed by atoms with E-state index in [-0.39, 0.29) is 6.04 Å². The first-order chi connectivity index (χ1) is 12.7. The van der Waals surface area contributed by atoms with E-state index in [0.717, 1.165) is 42.6 Å². The molecule has 4 heterocycles. The minimum atomic E-state index is -0.494. The molecule has 10 nitrogen and oxygen atoms in total. The number of nitrogens with one attached hydrogen (secondary N) is 1. The molecule has 136 valence electrons. The van der Waals surface area contributed by atoms with Crippen LogP contribution in [0.25, 0.3) is 11.0 Å². The molecular weight excluding hydrogens is 334 g/mol. The SMILES string of the molecule is CC1CCN(C(C=O)n2cnnn2)CC1N(C)c1ncnc2[nH]ccc12. The summed E-state index contributed by atoms with van der Waals surface area (Å²) in [7, 11) is 2.05. The molecule has 10 heteroatoms. The molecule has 0 amide bonds. The Morgan fingerprint density at radius 1 is 1.42 bits per heavy atom. The van der Waals surface area contributed by atoms with Crippen LogP contribution in [0, 0.1) is 5.92 Å². The first-order valence-corrected chi connectivity index (χ1v) is 8.61. The predicted molar refractivity (Wildman–Crippen MR) is 94.4 cm³/mol. The number of anilines is 1. The van der Waals surface area contributed by atoms with Crippen LogP contribution in [0.2, 0.25) is 0 Å². The van der Waals surface area contributed by atoms with E-state index in [4.69, 9.17) is 0 Å². The number of aromatic amines is 1. The number of fused-ring (bicyclic) bond motifs is 1. The quantitative estimate of drug-likeness (QED) is 0.659. The van der Waals surface area contributed by atoms with E-state index < -0.39 is 6.17 Å². The van der Waals surface area contributed by atoms with Gasteiger partial charge in [-0.05, 0) is 28.8 Å². The highest BCUT2D eigenvalue weighted by Crippen LogP contribution is 2.30. The molecule has 0 bridgehead atoms. The molecule has 1 aliphatic rings. The lowest BCUT2D eigenvalue weighted by molar-refractivity contribution is -0.116. The van der Waals surface area contributed by atoms with Gasteiger partial charge in [-0.25, -0.2) is 14.6 Å². The average molecular weight is 355 g/mol. The molecule has 1 aliphatic heterocycles. The van der Waals surface area contributed by atoms with Crippen molar-refractivity contribution in [2.24, 2.45) is 5.92 Å². The Balaban J connectivity index is 1.60. The van der Waals surface area contributed by atoms with Crippen LogP contribution in [0.1, 0.15) is 19.5 Å². The second kappa shape index (κ2) is 6.79. The maximum atomic E-state index is 11.7. The molecule has 3 aromatic rings. The summed E-state index contributed by atoms with van der Waals surface area (Å²) in [5.41, 5.74) is 0.821. The number of piperidine rings is 1. The molecule has 0 aromatic carbocycles. The monoisotopic (exact) mass is 355 g/mol. The smallest absolute Gasteiger partial charge is 0.163 e. The van der Waals surface area contributed by atoms with Gasteiger partial charge in [0, 0.05) is 32.4 Å². The zero-order valence-electron chi connectivity index (χ0n) is 14.7.